The van der Waals surface area contributed by atoms with Gasteiger partial charge in [-0.2, -0.15) is 0 Å². The molecule has 4 N–H and O–H groups in total. The van der Waals surface area contributed by atoms with Crippen LogP contribution in [0, 0.1) is 5.41 Å². The summed E-state index contributed by atoms with van der Waals surface area (Å²) >= 11 is 0. The van der Waals surface area contributed by atoms with Crippen molar-refractivity contribution in [2.75, 3.05) is 5.32 Å². The van der Waals surface area contributed by atoms with Gasteiger partial charge in [-0.25, -0.2) is 4.98 Å². The number of para-hydroxylation sites is 2. The zero-order valence-electron chi connectivity index (χ0n) is 10.9. The van der Waals surface area contributed by atoms with Gasteiger partial charge in [-0.05, 0) is 36.4 Å². The van der Waals surface area contributed by atoms with Crippen molar-refractivity contribution in [3.63, 3.8) is 0 Å². The molecule has 1 heterocycles. The Balaban J connectivity index is 1.74. The first-order valence-electron chi connectivity index (χ1n) is 6.32. The number of amidine groups is 1. The summed E-state index contributed by atoms with van der Waals surface area (Å²) in [5.41, 5.74) is 9.22. The van der Waals surface area contributed by atoms with E-state index in [-0.39, 0.29) is 5.84 Å². The smallest absolute Gasteiger partial charge is 0.122 e. The van der Waals surface area contributed by atoms with E-state index in [1.807, 2.05) is 59.4 Å². The van der Waals surface area contributed by atoms with Crippen LogP contribution >= 0.6 is 0 Å². The minimum absolute atomic E-state index is 0.0807. The molecular weight excluding hydrogens is 250 g/mol. The van der Waals surface area contributed by atoms with Crippen LogP contribution in [0.15, 0.2) is 54.9 Å². The zero-order chi connectivity index (χ0) is 13.9. The topological polar surface area (TPSA) is 79.7 Å². The van der Waals surface area contributed by atoms with Crippen LogP contribution < -0.4 is 11.1 Å². The molecular formula is C15H15N5. The number of fused-ring (bicyclic) bond motifs is 1. The fourth-order valence-corrected chi connectivity index (χ4v) is 2.08. The molecule has 3 aromatic rings. The van der Waals surface area contributed by atoms with Gasteiger partial charge in [0.05, 0.1) is 24.0 Å². The SMILES string of the molecule is N=C(N)c1ccc(NCn2cnc3ccccc32)cc1. The molecule has 0 amide bonds. The second-order valence-corrected chi connectivity index (χ2v) is 4.53. The van der Waals surface area contributed by atoms with Gasteiger partial charge in [0.15, 0.2) is 0 Å². The van der Waals surface area contributed by atoms with Crippen LogP contribution in [0.5, 0.6) is 0 Å². The van der Waals surface area contributed by atoms with Gasteiger partial charge >= 0.3 is 0 Å². The highest BCUT2D eigenvalue weighted by Gasteiger charge is 2.01. The molecule has 5 nitrogen and oxygen atoms in total. The summed E-state index contributed by atoms with van der Waals surface area (Å²) in [6.07, 6.45) is 1.82. The normalized spacial score (nSPS) is 10.6. The van der Waals surface area contributed by atoms with Gasteiger partial charge < -0.3 is 15.6 Å². The molecule has 0 aliphatic carbocycles. The number of anilines is 1. The molecule has 100 valence electrons. The Morgan fingerprint density at radius 3 is 2.65 bits per heavy atom. The van der Waals surface area contributed by atoms with E-state index in [1.54, 1.807) is 0 Å². The van der Waals surface area contributed by atoms with Crippen molar-refractivity contribution in [1.82, 2.24) is 9.55 Å². The molecule has 0 spiro atoms. The lowest BCUT2D eigenvalue weighted by molar-refractivity contribution is 0.800. The highest BCUT2D eigenvalue weighted by Crippen LogP contribution is 2.13. The quantitative estimate of drug-likeness (QED) is 0.500. The lowest BCUT2D eigenvalue weighted by atomic mass is 10.2. The van der Waals surface area contributed by atoms with E-state index in [0.717, 1.165) is 22.3 Å². The third-order valence-corrected chi connectivity index (χ3v) is 3.18. The van der Waals surface area contributed by atoms with Gasteiger partial charge in [0.1, 0.15) is 5.84 Å². The van der Waals surface area contributed by atoms with Crippen LogP contribution in [0.2, 0.25) is 0 Å². The number of aromatic nitrogens is 2. The number of hydrogen-bond donors (Lipinski definition) is 3. The van der Waals surface area contributed by atoms with Crippen molar-refractivity contribution in [2.45, 2.75) is 6.67 Å². The summed E-state index contributed by atoms with van der Waals surface area (Å²) in [5.74, 6) is 0.0807. The third-order valence-electron chi connectivity index (χ3n) is 3.18. The average molecular weight is 265 g/mol. The second kappa shape index (κ2) is 5.05. The Kier molecular flexibility index (Phi) is 3.09. The van der Waals surface area contributed by atoms with Gasteiger partial charge in [-0.3, -0.25) is 5.41 Å². The summed E-state index contributed by atoms with van der Waals surface area (Å²) in [5, 5.41) is 10.7. The van der Waals surface area contributed by atoms with Crippen LogP contribution in [0.25, 0.3) is 11.0 Å². The van der Waals surface area contributed by atoms with Crippen molar-refractivity contribution in [2.24, 2.45) is 5.73 Å². The number of nitrogens with two attached hydrogens (primary N) is 1. The molecule has 5 heteroatoms. The number of imidazole rings is 1. The van der Waals surface area contributed by atoms with Gasteiger partial charge in [-0.15, -0.1) is 0 Å². The van der Waals surface area contributed by atoms with Gasteiger partial charge in [-0.1, -0.05) is 12.1 Å². The van der Waals surface area contributed by atoms with E-state index in [4.69, 9.17) is 11.1 Å². The van der Waals surface area contributed by atoms with Crippen LogP contribution in [-0.2, 0) is 6.67 Å². The Bertz CT molecular complexity index is 742. The maximum Gasteiger partial charge on any atom is 0.122 e. The van der Waals surface area contributed by atoms with Crippen LogP contribution in [0.1, 0.15) is 5.56 Å². The molecule has 3 rings (SSSR count). The van der Waals surface area contributed by atoms with E-state index in [1.165, 1.54) is 0 Å². The molecule has 0 saturated heterocycles. The Hall–Kier alpha value is -2.82. The van der Waals surface area contributed by atoms with E-state index in [9.17, 15) is 0 Å². The molecule has 0 atom stereocenters. The van der Waals surface area contributed by atoms with Crippen LogP contribution in [-0.4, -0.2) is 15.4 Å². The molecule has 0 radical (unpaired) electrons. The molecule has 0 unspecified atom stereocenters. The molecule has 20 heavy (non-hydrogen) atoms. The number of hydrogen-bond acceptors (Lipinski definition) is 3. The van der Waals surface area contributed by atoms with Gasteiger partial charge in [0.2, 0.25) is 0 Å². The van der Waals surface area contributed by atoms with Crippen molar-refractivity contribution < 1.29 is 0 Å². The van der Waals surface area contributed by atoms with Crippen molar-refractivity contribution in [3.8, 4) is 0 Å². The standard InChI is InChI=1S/C15H15N5/c16-15(17)11-5-7-12(8-6-11)18-9-20-10-19-13-3-1-2-4-14(13)20/h1-8,10,18H,9H2,(H3,16,17). The Labute approximate surface area is 116 Å². The van der Waals surface area contributed by atoms with E-state index in [2.05, 4.69) is 10.3 Å². The minimum atomic E-state index is 0.0807. The first kappa shape index (κ1) is 12.2. The lowest BCUT2D eigenvalue weighted by Gasteiger charge is -2.09. The summed E-state index contributed by atoms with van der Waals surface area (Å²) in [6, 6.07) is 15.5. The van der Waals surface area contributed by atoms with E-state index >= 15 is 0 Å². The highest BCUT2D eigenvalue weighted by atomic mass is 15.1. The molecule has 1 aromatic heterocycles. The summed E-state index contributed by atoms with van der Waals surface area (Å²) < 4.78 is 2.05. The minimum Gasteiger partial charge on any atom is -0.384 e. The zero-order valence-corrected chi connectivity index (χ0v) is 10.9. The lowest BCUT2D eigenvalue weighted by Crippen LogP contribution is -2.11. The maximum absolute atomic E-state index is 7.36. The average Bonchev–Trinajstić information content (AvgIpc) is 2.89. The first-order valence-corrected chi connectivity index (χ1v) is 6.32. The van der Waals surface area contributed by atoms with E-state index in [0.29, 0.717) is 6.67 Å². The number of benzene rings is 2. The maximum atomic E-state index is 7.36. The second-order valence-electron chi connectivity index (χ2n) is 4.53. The number of nitrogen functional groups attached to an aromatic ring is 1. The number of nitrogens with zero attached hydrogens (tertiary/aromatic N) is 2. The van der Waals surface area contributed by atoms with Crippen LogP contribution in [0.4, 0.5) is 5.69 Å². The van der Waals surface area contributed by atoms with Gasteiger partial charge in [0, 0.05) is 11.3 Å². The molecule has 2 aromatic carbocycles. The van der Waals surface area contributed by atoms with Crippen molar-refractivity contribution >= 4 is 22.6 Å². The summed E-state index contributed by atoms with van der Waals surface area (Å²) in [6.45, 7) is 0.639. The number of rotatable bonds is 4. The molecule has 0 bridgehead atoms. The first-order chi connectivity index (χ1) is 9.74. The largest absolute Gasteiger partial charge is 0.384 e. The van der Waals surface area contributed by atoms with Crippen molar-refractivity contribution in [3.05, 3.63) is 60.4 Å². The number of nitrogens with one attached hydrogen (secondary N) is 2. The molecule has 0 fully saturated rings. The predicted molar refractivity (Wildman–Crippen MR) is 80.8 cm³/mol. The fourth-order valence-electron chi connectivity index (χ4n) is 2.08. The molecule has 0 aliphatic rings. The third kappa shape index (κ3) is 2.33. The highest BCUT2D eigenvalue weighted by molar-refractivity contribution is 5.95. The molecule has 0 aliphatic heterocycles. The van der Waals surface area contributed by atoms with Crippen molar-refractivity contribution in [1.29, 1.82) is 5.41 Å². The monoisotopic (exact) mass is 265 g/mol. The van der Waals surface area contributed by atoms with Gasteiger partial charge in [0.25, 0.3) is 0 Å². The molecule has 0 saturated carbocycles. The Morgan fingerprint density at radius 1 is 1.15 bits per heavy atom. The summed E-state index contributed by atoms with van der Waals surface area (Å²) in [4.78, 5) is 4.35. The Morgan fingerprint density at radius 2 is 1.90 bits per heavy atom. The van der Waals surface area contributed by atoms with E-state index < -0.39 is 0 Å². The van der Waals surface area contributed by atoms with Crippen LogP contribution in [0.3, 0.4) is 0 Å². The fraction of sp³-hybridized carbons (Fsp3) is 0.0667. The predicted octanol–water partition coefficient (Wildman–Crippen LogP) is 2.39. The summed E-state index contributed by atoms with van der Waals surface area (Å²) in [7, 11) is 0.